The number of nitro groups is 1. The summed E-state index contributed by atoms with van der Waals surface area (Å²) in [5.41, 5.74) is 3.39. The molecule has 0 unspecified atom stereocenters. The van der Waals surface area contributed by atoms with E-state index in [9.17, 15) is 19.7 Å². The summed E-state index contributed by atoms with van der Waals surface area (Å²) >= 11 is 0. The van der Waals surface area contributed by atoms with Crippen molar-refractivity contribution >= 4 is 17.3 Å². The average Bonchev–Trinajstić information content (AvgIpc) is 3.30. The number of Topliss-reactive ketones (excluding diaryl/α,β-unsaturated/α-hetero) is 2. The van der Waals surface area contributed by atoms with Crippen LogP contribution in [0.2, 0.25) is 0 Å². The van der Waals surface area contributed by atoms with Crippen molar-refractivity contribution in [1.82, 2.24) is 9.78 Å². The van der Waals surface area contributed by atoms with Gasteiger partial charge in [-0.25, -0.2) is 0 Å². The fourth-order valence-corrected chi connectivity index (χ4v) is 7.92. The maximum atomic E-state index is 12.9. The number of fused-ring (bicyclic) bond motifs is 4. The molecule has 1 heterocycles. The van der Waals surface area contributed by atoms with E-state index >= 15 is 0 Å². The average molecular weight is 448 g/mol. The SMILES string of the molecule is C[C@]12CCC(=O)c3nn(Cc4cccc([N+](=O)[O-])c4)c(c31)C[C@@H]1[C@@H]2CC[C@]2(C)C(=O)CC[C@@H]12. The van der Waals surface area contributed by atoms with Crippen LogP contribution in [0, 0.1) is 33.3 Å². The predicted octanol–water partition coefficient (Wildman–Crippen LogP) is 4.64. The first-order valence-electron chi connectivity index (χ1n) is 12.1. The fourth-order valence-electron chi connectivity index (χ4n) is 7.92. The van der Waals surface area contributed by atoms with E-state index < -0.39 is 0 Å². The summed E-state index contributed by atoms with van der Waals surface area (Å²) in [5, 5.41) is 16.1. The maximum absolute atomic E-state index is 12.9. The largest absolute Gasteiger partial charge is 0.299 e. The van der Waals surface area contributed by atoms with Crippen LogP contribution in [0.4, 0.5) is 5.69 Å². The zero-order valence-corrected chi connectivity index (χ0v) is 19.2. The smallest absolute Gasteiger partial charge is 0.269 e. The molecule has 1 aromatic heterocycles. The van der Waals surface area contributed by atoms with Gasteiger partial charge in [-0.3, -0.25) is 24.4 Å². The van der Waals surface area contributed by atoms with E-state index in [0.717, 1.165) is 48.9 Å². The van der Waals surface area contributed by atoms with Crippen molar-refractivity contribution in [2.45, 2.75) is 70.8 Å². The Hall–Kier alpha value is -2.83. The molecule has 5 atom stereocenters. The van der Waals surface area contributed by atoms with Gasteiger partial charge in [-0.2, -0.15) is 5.10 Å². The summed E-state index contributed by atoms with van der Waals surface area (Å²) in [5.74, 6) is 1.80. The van der Waals surface area contributed by atoms with Crippen LogP contribution in [0.1, 0.15) is 79.7 Å². The lowest BCUT2D eigenvalue weighted by molar-refractivity contribution is -0.384. The van der Waals surface area contributed by atoms with Gasteiger partial charge in [0, 0.05) is 47.1 Å². The fraction of sp³-hybridized carbons (Fsp3) is 0.577. The minimum Gasteiger partial charge on any atom is -0.299 e. The first kappa shape index (κ1) is 20.8. The van der Waals surface area contributed by atoms with Gasteiger partial charge in [0.15, 0.2) is 5.78 Å². The lowest BCUT2D eigenvalue weighted by atomic mass is 9.48. The number of carbonyl (C=O) groups excluding carboxylic acids is 2. The Balaban J connectivity index is 1.46. The number of non-ortho nitro benzene ring substituents is 1. The summed E-state index contributed by atoms with van der Waals surface area (Å²) < 4.78 is 1.93. The predicted molar refractivity (Wildman–Crippen MR) is 121 cm³/mol. The molecule has 2 fully saturated rings. The highest BCUT2D eigenvalue weighted by Crippen LogP contribution is 2.63. The van der Waals surface area contributed by atoms with Gasteiger partial charge >= 0.3 is 0 Å². The molecule has 7 nitrogen and oxygen atoms in total. The molecule has 6 rings (SSSR count). The van der Waals surface area contributed by atoms with Gasteiger partial charge in [-0.1, -0.05) is 26.0 Å². The third kappa shape index (κ3) is 2.77. The molecule has 4 aliphatic rings. The van der Waals surface area contributed by atoms with E-state index in [1.54, 1.807) is 12.1 Å². The molecule has 33 heavy (non-hydrogen) atoms. The minimum atomic E-state index is -0.382. The lowest BCUT2D eigenvalue weighted by Crippen LogP contribution is -2.53. The van der Waals surface area contributed by atoms with Gasteiger partial charge in [0.05, 0.1) is 11.5 Å². The van der Waals surface area contributed by atoms with Crippen molar-refractivity contribution < 1.29 is 14.5 Å². The molecule has 172 valence electrons. The number of hydrogen-bond acceptors (Lipinski definition) is 5. The molecule has 0 aliphatic heterocycles. The van der Waals surface area contributed by atoms with E-state index in [1.807, 2.05) is 10.7 Å². The lowest BCUT2D eigenvalue weighted by Gasteiger charge is -2.55. The highest BCUT2D eigenvalue weighted by atomic mass is 16.6. The summed E-state index contributed by atoms with van der Waals surface area (Å²) in [4.78, 5) is 36.6. The second kappa shape index (κ2) is 6.84. The third-order valence-corrected chi connectivity index (χ3v) is 9.61. The van der Waals surface area contributed by atoms with Gasteiger partial charge in [-0.05, 0) is 55.4 Å². The number of nitro benzene ring substituents is 1. The van der Waals surface area contributed by atoms with E-state index in [-0.39, 0.29) is 27.2 Å². The van der Waals surface area contributed by atoms with Gasteiger partial charge in [0.2, 0.25) is 0 Å². The van der Waals surface area contributed by atoms with Gasteiger partial charge in [-0.15, -0.1) is 0 Å². The number of benzene rings is 1. The molecule has 0 spiro atoms. The van der Waals surface area contributed by atoms with E-state index in [2.05, 4.69) is 13.8 Å². The second-order valence-corrected chi connectivity index (χ2v) is 11.1. The number of aromatic nitrogens is 2. The van der Waals surface area contributed by atoms with Gasteiger partial charge in [0.25, 0.3) is 5.69 Å². The van der Waals surface area contributed by atoms with Crippen LogP contribution in [0.15, 0.2) is 24.3 Å². The molecule has 0 N–H and O–H groups in total. The summed E-state index contributed by atoms with van der Waals surface area (Å²) in [7, 11) is 0. The highest BCUT2D eigenvalue weighted by Gasteiger charge is 2.60. The number of rotatable bonds is 3. The van der Waals surface area contributed by atoms with E-state index in [0.29, 0.717) is 48.6 Å². The Kier molecular flexibility index (Phi) is 4.30. The first-order chi connectivity index (χ1) is 15.7. The quantitative estimate of drug-likeness (QED) is 0.504. The Morgan fingerprint density at radius 1 is 1.12 bits per heavy atom. The van der Waals surface area contributed by atoms with Crippen molar-refractivity contribution in [1.29, 1.82) is 0 Å². The van der Waals surface area contributed by atoms with Crippen molar-refractivity contribution in [2.24, 2.45) is 23.2 Å². The number of hydrogen-bond donors (Lipinski definition) is 0. The van der Waals surface area contributed by atoms with Gasteiger partial charge in [0.1, 0.15) is 11.5 Å². The van der Waals surface area contributed by atoms with Crippen LogP contribution >= 0.6 is 0 Å². The summed E-state index contributed by atoms with van der Waals surface area (Å²) in [6, 6.07) is 6.66. The zero-order chi connectivity index (χ0) is 23.1. The molecule has 0 saturated heterocycles. The standard InChI is InChI=1S/C26H29N3O4/c1-25-10-8-19-17(18(25)6-7-22(25)31)13-20-23-24(21(30)9-11-26(19,23)2)27-28(20)14-15-4-3-5-16(12-15)29(32)33/h3-5,12,17-19H,6-11,13-14H2,1-2H3/t17-,18-,19-,25-,26+/m0/s1. The number of nitrogens with zero attached hydrogens (tertiary/aromatic N) is 3. The van der Waals surface area contributed by atoms with Crippen LogP contribution in [0.3, 0.4) is 0 Å². The van der Waals surface area contributed by atoms with Crippen molar-refractivity contribution in [3.05, 3.63) is 56.9 Å². The van der Waals surface area contributed by atoms with Crippen LogP contribution in [0.5, 0.6) is 0 Å². The van der Waals surface area contributed by atoms with Crippen LogP contribution in [-0.4, -0.2) is 26.3 Å². The van der Waals surface area contributed by atoms with Crippen LogP contribution in [-0.2, 0) is 23.2 Å². The molecule has 7 heteroatoms. The Morgan fingerprint density at radius 3 is 2.70 bits per heavy atom. The van der Waals surface area contributed by atoms with Gasteiger partial charge < -0.3 is 0 Å². The monoisotopic (exact) mass is 447 g/mol. The molecule has 4 aliphatic carbocycles. The zero-order valence-electron chi connectivity index (χ0n) is 19.2. The molecular formula is C26H29N3O4. The first-order valence-corrected chi connectivity index (χ1v) is 12.1. The topological polar surface area (TPSA) is 95.1 Å². The van der Waals surface area contributed by atoms with Crippen LogP contribution < -0.4 is 0 Å². The molecule has 2 saturated carbocycles. The van der Waals surface area contributed by atoms with Crippen LogP contribution in [0.25, 0.3) is 0 Å². The molecular weight excluding hydrogens is 418 g/mol. The Bertz CT molecular complexity index is 1220. The third-order valence-electron chi connectivity index (χ3n) is 9.61. The summed E-state index contributed by atoms with van der Waals surface area (Å²) in [6.45, 7) is 4.90. The molecule has 0 radical (unpaired) electrons. The van der Waals surface area contributed by atoms with E-state index in [1.165, 1.54) is 6.07 Å². The molecule has 1 aromatic carbocycles. The Labute approximate surface area is 192 Å². The van der Waals surface area contributed by atoms with Crippen molar-refractivity contribution in [2.75, 3.05) is 0 Å². The molecule has 2 aromatic rings. The number of ketones is 2. The van der Waals surface area contributed by atoms with Crippen molar-refractivity contribution in [3.63, 3.8) is 0 Å². The summed E-state index contributed by atoms with van der Waals surface area (Å²) in [6.07, 6.45) is 5.82. The molecule has 0 amide bonds. The highest BCUT2D eigenvalue weighted by molar-refractivity contribution is 5.97. The maximum Gasteiger partial charge on any atom is 0.269 e. The second-order valence-electron chi connectivity index (χ2n) is 11.1. The Morgan fingerprint density at radius 2 is 1.91 bits per heavy atom. The van der Waals surface area contributed by atoms with Crippen molar-refractivity contribution in [3.8, 4) is 0 Å². The normalized spacial score (nSPS) is 34.5. The number of carbonyl (C=O) groups is 2. The van der Waals surface area contributed by atoms with E-state index in [4.69, 9.17) is 5.10 Å². The molecule has 0 bridgehead atoms. The minimum absolute atomic E-state index is 0.0616.